The quantitative estimate of drug-likeness (QED) is 0.577. The van der Waals surface area contributed by atoms with Crippen LogP contribution >= 0.6 is 0 Å². The molecule has 0 aromatic heterocycles. The summed E-state index contributed by atoms with van der Waals surface area (Å²) in [6, 6.07) is 18.4. The number of anilines is 2. The minimum Gasteiger partial charge on any atom is -0.449 e. The SMILES string of the molecule is CC(CCCCCOC(=O)Nc1ccccc1)OC(=O)Nc1ccccc1. The molecule has 0 fully saturated rings. The van der Waals surface area contributed by atoms with E-state index < -0.39 is 12.2 Å². The fourth-order valence-electron chi connectivity index (χ4n) is 2.46. The molecule has 1 unspecified atom stereocenters. The van der Waals surface area contributed by atoms with Crippen molar-refractivity contribution in [3.63, 3.8) is 0 Å². The van der Waals surface area contributed by atoms with Gasteiger partial charge in [0.25, 0.3) is 0 Å². The molecular weight excluding hydrogens is 344 g/mol. The van der Waals surface area contributed by atoms with E-state index in [2.05, 4.69) is 10.6 Å². The van der Waals surface area contributed by atoms with E-state index in [9.17, 15) is 9.59 Å². The Morgan fingerprint density at radius 1 is 0.815 bits per heavy atom. The first-order valence-corrected chi connectivity index (χ1v) is 9.15. The smallest absolute Gasteiger partial charge is 0.411 e. The van der Waals surface area contributed by atoms with Crippen LogP contribution in [-0.2, 0) is 9.47 Å². The zero-order chi connectivity index (χ0) is 19.3. The van der Waals surface area contributed by atoms with Crippen LogP contribution < -0.4 is 10.6 Å². The number of benzene rings is 2. The molecule has 2 rings (SSSR count). The molecule has 0 bridgehead atoms. The van der Waals surface area contributed by atoms with Crippen molar-refractivity contribution >= 4 is 23.6 Å². The van der Waals surface area contributed by atoms with Gasteiger partial charge in [0, 0.05) is 11.4 Å². The summed E-state index contributed by atoms with van der Waals surface area (Å²) in [7, 11) is 0. The molecule has 2 N–H and O–H groups in total. The molecule has 144 valence electrons. The molecule has 0 radical (unpaired) electrons. The van der Waals surface area contributed by atoms with Crippen molar-refractivity contribution in [3.05, 3.63) is 60.7 Å². The van der Waals surface area contributed by atoms with Gasteiger partial charge in [0.2, 0.25) is 0 Å². The Balaban J connectivity index is 1.49. The molecule has 0 saturated heterocycles. The predicted molar refractivity (Wildman–Crippen MR) is 106 cm³/mol. The van der Waals surface area contributed by atoms with Crippen LogP contribution in [0.4, 0.5) is 21.0 Å². The number of carbonyl (C=O) groups excluding carboxylic acids is 2. The van der Waals surface area contributed by atoms with E-state index in [0.717, 1.165) is 25.7 Å². The molecule has 2 aromatic carbocycles. The Bertz CT molecular complexity index is 692. The fourth-order valence-corrected chi connectivity index (χ4v) is 2.46. The molecule has 2 amide bonds. The number of carbonyl (C=O) groups is 2. The van der Waals surface area contributed by atoms with E-state index in [4.69, 9.17) is 9.47 Å². The Labute approximate surface area is 159 Å². The summed E-state index contributed by atoms with van der Waals surface area (Å²) < 4.78 is 10.5. The number of rotatable bonds is 9. The molecule has 0 saturated carbocycles. The van der Waals surface area contributed by atoms with Crippen LogP contribution in [0.15, 0.2) is 60.7 Å². The predicted octanol–water partition coefficient (Wildman–Crippen LogP) is 5.43. The second-order valence-electron chi connectivity index (χ2n) is 6.18. The Morgan fingerprint density at radius 3 is 1.96 bits per heavy atom. The van der Waals surface area contributed by atoms with Gasteiger partial charge in [-0.15, -0.1) is 0 Å². The zero-order valence-corrected chi connectivity index (χ0v) is 15.5. The number of amides is 2. The van der Waals surface area contributed by atoms with E-state index in [-0.39, 0.29) is 6.10 Å². The van der Waals surface area contributed by atoms with Crippen LogP contribution in [0, 0.1) is 0 Å². The van der Waals surface area contributed by atoms with Gasteiger partial charge in [0.15, 0.2) is 0 Å². The number of para-hydroxylation sites is 2. The lowest BCUT2D eigenvalue weighted by Crippen LogP contribution is -2.20. The number of hydrogen-bond donors (Lipinski definition) is 2. The van der Waals surface area contributed by atoms with Crippen molar-refractivity contribution in [1.82, 2.24) is 0 Å². The summed E-state index contributed by atoms with van der Waals surface area (Å²) in [5.41, 5.74) is 1.42. The lowest BCUT2D eigenvalue weighted by atomic mass is 10.1. The first kappa shape index (κ1) is 20.3. The summed E-state index contributed by atoms with van der Waals surface area (Å²) in [4.78, 5) is 23.4. The molecule has 6 nitrogen and oxygen atoms in total. The number of ether oxygens (including phenoxy) is 2. The topological polar surface area (TPSA) is 76.7 Å². The molecule has 0 aliphatic heterocycles. The number of hydrogen-bond acceptors (Lipinski definition) is 4. The summed E-state index contributed by atoms with van der Waals surface area (Å²) in [5, 5.41) is 5.36. The molecule has 0 spiro atoms. The molecule has 27 heavy (non-hydrogen) atoms. The summed E-state index contributed by atoms with van der Waals surface area (Å²) in [6.07, 6.45) is 2.25. The van der Waals surface area contributed by atoms with Crippen LogP contribution in [0.2, 0.25) is 0 Å². The van der Waals surface area contributed by atoms with Crippen molar-refractivity contribution in [1.29, 1.82) is 0 Å². The van der Waals surface area contributed by atoms with Gasteiger partial charge in [0.1, 0.15) is 6.10 Å². The van der Waals surface area contributed by atoms with E-state index in [1.807, 2.05) is 43.3 Å². The van der Waals surface area contributed by atoms with Crippen molar-refractivity contribution < 1.29 is 19.1 Å². The lowest BCUT2D eigenvalue weighted by molar-refractivity contribution is 0.113. The molecule has 0 heterocycles. The highest BCUT2D eigenvalue weighted by Crippen LogP contribution is 2.10. The Kier molecular flexibility index (Phi) is 8.69. The van der Waals surface area contributed by atoms with E-state index in [0.29, 0.717) is 18.0 Å². The van der Waals surface area contributed by atoms with Gasteiger partial charge >= 0.3 is 12.2 Å². The second-order valence-corrected chi connectivity index (χ2v) is 6.18. The van der Waals surface area contributed by atoms with Crippen LogP contribution in [0.3, 0.4) is 0 Å². The van der Waals surface area contributed by atoms with Gasteiger partial charge in [-0.3, -0.25) is 10.6 Å². The Hall–Kier alpha value is -3.02. The zero-order valence-electron chi connectivity index (χ0n) is 15.5. The van der Waals surface area contributed by atoms with Crippen molar-refractivity contribution in [3.8, 4) is 0 Å². The maximum Gasteiger partial charge on any atom is 0.411 e. The first-order chi connectivity index (χ1) is 13.1. The lowest BCUT2D eigenvalue weighted by Gasteiger charge is -2.14. The first-order valence-electron chi connectivity index (χ1n) is 9.15. The van der Waals surface area contributed by atoms with Gasteiger partial charge in [0.05, 0.1) is 6.61 Å². The summed E-state index contributed by atoms with van der Waals surface area (Å²) in [5.74, 6) is 0. The normalized spacial score (nSPS) is 11.3. The fraction of sp³-hybridized carbons (Fsp3) is 0.333. The second kappa shape index (κ2) is 11.6. The van der Waals surface area contributed by atoms with Crippen LogP contribution in [-0.4, -0.2) is 24.9 Å². The van der Waals surface area contributed by atoms with Gasteiger partial charge < -0.3 is 9.47 Å². The van der Waals surface area contributed by atoms with Crippen LogP contribution in [0.25, 0.3) is 0 Å². The molecule has 0 aliphatic carbocycles. The third kappa shape index (κ3) is 8.76. The van der Waals surface area contributed by atoms with Gasteiger partial charge in [-0.1, -0.05) is 36.4 Å². The standard InChI is InChI=1S/C21H26N2O4/c1-17(27-21(25)23-19-14-8-3-9-15-19)11-5-4-10-16-26-20(24)22-18-12-6-2-7-13-18/h2-3,6-9,12-15,17H,4-5,10-11,16H2,1H3,(H,22,24)(H,23,25). The van der Waals surface area contributed by atoms with E-state index in [1.54, 1.807) is 24.3 Å². The van der Waals surface area contributed by atoms with Gasteiger partial charge in [-0.2, -0.15) is 0 Å². The van der Waals surface area contributed by atoms with Crippen molar-refractivity contribution in [2.45, 2.75) is 38.7 Å². The van der Waals surface area contributed by atoms with Crippen molar-refractivity contribution in [2.75, 3.05) is 17.2 Å². The molecule has 6 heteroatoms. The minimum absolute atomic E-state index is 0.170. The average molecular weight is 370 g/mol. The molecule has 2 aromatic rings. The maximum atomic E-state index is 11.8. The largest absolute Gasteiger partial charge is 0.449 e. The van der Waals surface area contributed by atoms with E-state index >= 15 is 0 Å². The van der Waals surface area contributed by atoms with Crippen molar-refractivity contribution in [2.24, 2.45) is 0 Å². The summed E-state index contributed by atoms with van der Waals surface area (Å²) >= 11 is 0. The van der Waals surface area contributed by atoms with Gasteiger partial charge in [-0.05, 0) is 56.9 Å². The number of nitrogens with one attached hydrogen (secondary N) is 2. The Morgan fingerprint density at radius 2 is 1.37 bits per heavy atom. The maximum absolute atomic E-state index is 11.8. The highest BCUT2D eigenvalue weighted by Gasteiger charge is 2.09. The highest BCUT2D eigenvalue weighted by molar-refractivity contribution is 5.85. The van der Waals surface area contributed by atoms with Crippen LogP contribution in [0.1, 0.15) is 32.6 Å². The van der Waals surface area contributed by atoms with Crippen LogP contribution in [0.5, 0.6) is 0 Å². The molecule has 0 aliphatic rings. The third-order valence-electron chi connectivity index (χ3n) is 3.84. The monoisotopic (exact) mass is 370 g/mol. The van der Waals surface area contributed by atoms with E-state index in [1.165, 1.54) is 0 Å². The minimum atomic E-state index is -0.449. The third-order valence-corrected chi connectivity index (χ3v) is 3.84. The van der Waals surface area contributed by atoms with Gasteiger partial charge in [-0.25, -0.2) is 9.59 Å². The number of unbranched alkanes of at least 4 members (excludes halogenated alkanes) is 2. The molecule has 1 atom stereocenters. The summed E-state index contributed by atoms with van der Waals surface area (Å²) in [6.45, 7) is 2.23. The highest BCUT2D eigenvalue weighted by atomic mass is 16.6. The molecular formula is C21H26N2O4. The average Bonchev–Trinajstić information content (AvgIpc) is 2.66.